The minimum absolute atomic E-state index is 0.0999. The molecule has 2 unspecified atom stereocenters. The van der Waals surface area contributed by atoms with Gasteiger partial charge in [-0.15, -0.1) is 11.3 Å². The standard InChI is InChI=1S/C8H11NOS2/c10-8-4-11-3-6(8)1-7-2-9-5-12-7/h2,5-6,8,10H,1,3-4H2. The number of aromatic nitrogens is 1. The smallest absolute Gasteiger partial charge is 0.0794 e. The molecule has 1 saturated heterocycles. The maximum absolute atomic E-state index is 9.55. The second kappa shape index (κ2) is 3.77. The second-order valence-electron chi connectivity index (χ2n) is 3.04. The summed E-state index contributed by atoms with van der Waals surface area (Å²) in [6.45, 7) is 0. The third kappa shape index (κ3) is 1.81. The summed E-state index contributed by atoms with van der Waals surface area (Å²) in [6.07, 6.45) is 2.80. The van der Waals surface area contributed by atoms with Crippen molar-refractivity contribution in [1.82, 2.24) is 4.98 Å². The van der Waals surface area contributed by atoms with E-state index in [9.17, 15) is 5.11 Å². The first-order valence-corrected chi connectivity index (χ1v) is 6.03. The van der Waals surface area contributed by atoms with Gasteiger partial charge in [-0.1, -0.05) is 0 Å². The van der Waals surface area contributed by atoms with Crippen LogP contribution in [0.5, 0.6) is 0 Å². The maximum Gasteiger partial charge on any atom is 0.0794 e. The van der Waals surface area contributed by atoms with E-state index in [0.29, 0.717) is 5.92 Å². The topological polar surface area (TPSA) is 33.1 Å². The molecule has 1 aliphatic rings. The van der Waals surface area contributed by atoms with Crippen LogP contribution in [0.15, 0.2) is 11.7 Å². The van der Waals surface area contributed by atoms with Gasteiger partial charge in [-0.25, -0.2) is 0 Å². The number of aliphatic hydroxyl groups excluding tert-OH is 1. The average molecular weight is 201 g/mol. The van der Waals surface area contributed by atoms with E-state index in [0.717, 1.165) is 17.9 Å². The largest absolute Gasteiger partial charge is 0.392 e. The minimum Gasteiger partial charge on any atom is -0.392 e. The molecule has 1 N–H and O–H groups in total. The van der Waals surface area contributed by atoms with Gasteiger partial charge in [0, 0.05) is 16.8 Å². The zero-order valence-electron chi connectivity index (χ0n) is 6.64. The summed E-state index contributed by atoms with van der Waals surface area (Å²) in [6, 6.07) is 0. The predicted octanol–water partition coefficient (Wildman–Crippen LogP) is 1.41. The lowest BCUT2D eigenvalue weighted by Gasteiger charge is -2.10. The molecule has 0 bridgehead atoms. The van der Waals surface area contributed by atoms with Gasteiger partial charge in [-0.3, -0.25) is 4.98 Å². The monoisotopic (exact) mass is 201 g/mol. The molecule has 1 aliphatic heterocycles. The van der Waals surface area contributed by atoms with Gasteiger partial charge in [0.1, 0.15) is 0 Å². The molecule has 12 heavy (non-hydrogen) atoms. The van der Waals surface area contributed by atoms with Gasteiger partial charge in [-0.05, 0) is 18.1 Å². The Bertz CT molecular complexity index is 237. The molecule has 1 fully saturated rings. The lowest BCUT2D eigenvalue weighted by Crippen LogP contribution is -2.19. The van der Waals surface area contributed by atoms with Crippen molar-refractivity contribution in [2.75, 3.05) is 11.5 Å². The maximum atomic E-state index is 9.55. The van der Waals surface area contributed by atoms with E-state index >= 15 is 0 Å². The van der Waals surface area contributed by atoms with Crippen LogP contribution >= 0.6 is 23.1 Å². The number of rotatable bonds is 2. The Morgan fingerprint density at radius 3 is 3.08 bits per heavy atom. The van der Waals surface area contributed by atoms with E-state index in [4.69, 9.17) is 0 Å². The molecule has 0 radical (unpaired) electrons. The van der Waals surface area contributed by atoms with Gasteiger partial charge in [0.15, 0.2) is 0 Å². The van der Waals surface area contributed by atoms with Crippen LogP contribution in [0.3, 0.4) is 0 Å². The Morgan fingerprint density at radius 2 is 2.50 bits per heavy atom. The Balaban J connectivity index is 1.95. The van der Waals surface area contributed by atoms with Gasteiger partial charge < -0.3 is 5.11 Å². The highest BCUT2D eigenvalue weighted by molar-refractivity contribution is 7.99. The van der Waals surface area contributed by atoms with Crippen LogP contribution in [0.25, 0.3) is 0 Å². The minimum atomic E-state index is -0.0999. The fourth-order valence-electron chi connectivity index (χ4n) is 1.38. The quantitative estimate of drug-likeness (QED) is 0.785. The van der Waals surface area contributed by atoms with Crippen molar-refractivity contribution in [3.63, 3.8) is 0 Å². The molecule has 0 spiro atoms. The van der Waals surface area contributed by atoms with Crippen molar-refractivity contribution >= 4 is 23.1 Å². The Morgan fingerprint density at radius 1 is 1.58 bits per heavy atom. The van der Waals surface area contributed by atoms with Crippen LogP contribution in [-0.4, -0.2) is 27.7 Å². The third-order valence-electron chi connectivity index (χ3n) is 2.11. The molecule has 2 rings (SSSR count). The van der Waals surface area contributed by atoms with Gasteiger partial charge in [-0.2, -0.15) is 11.8 Å². The van der Waals surface area contributed by atoms with Crippen LogP contribution in [0.2, 0.25) is 0 Å². The van der Waals surface area contributed by atoms with Crippen LogP contribution < -0.4 is 0 Å². The van der Waals surface area contributed by atoms with Crippen LogP contribution in [-0.2, 0) is 6.42 Å². The first kappa shape index (κ1) is 8.53. The number of thiazole rings is 1. The SMILES string of the molecule is OC1CSCC1Cc1cncs1. The first-order chi connectivity index (χ1) is 5.86. The zero-order chi connectivity index (χ0) is 8.39. The number of thioether (sulfide) groups is 1. The Labute approximate surface area is 80.0 Å². The van der Waals surface area contributed by atoms with Crippen molar-refractivity contribution < 1.29 is 5.11 Å². The number of hydrogen-bond acceptors (Lipinski definition) is 4. The predicted molar refractivity (Wildman–Crippen MR) is 52.6 cm³/mol. The van der Waals surface area contributed by atoms with Crippen molar-refractivity contribution in [1.29, 1.82) is 0 Å². The number of nitrogens with zero attached hydrogens (tertiary/aromatic N) is 1. The molecule has 2 atom stereocenters. The number of aliphatic hydroxyl groups is 1. The average Bonchev–Trinajstić information content (AvgIpc) is 2.65. The van der Waals surface area contributed by atoms with Crippen molar-refractivity contribution in [3.05, 3.63) is 16.6 Å². The lowest BCUT2D eigenvalue weighted by molar-refractivity contribution is 0.150. The Kier molecular flexibility index (Phi) is 2.68. The molecular formula is C8H11NOS2. The van der Waals surface area contributed by atoms with Crippen LogP contribution in [0, 0.1) is 5.92 Å². The normalized spacial score (nSPS) is 29.4. The van der Waals surface area contributed by atoms with Gasteiger partial charge >= 0.3 is 0 Å². The second-order valence-corrected chi connectivity index (χ2v) is 5.08. The van der Waals surface area contributed by atoms with Crippen LogP contribution in [0.4, 0.5) is 0 Å². The lowest BCUT2D eigenvalue weighted by atomic mass is 10.0. The van der Waals surface area contributed by atoms with E-state index in [1.165, 1.54) is 4.88 Å². The van der Waals surface area contributed by atoms with Gasteiger partial charge in [0.25, 0.3) is 0 Å². The fourth-order valence-corrected chi connectivity index (χ4v) is 3.37. The summed E-state index contributed by atoms with van der Waals surface area (Å²) in [4.78, 5) is 5.31. The summed E-state index contributed by atoms with van der Waals surface area (Å²) in [5, 5.41) is 9.55. The highest BCUT2D eigenvalue weighted by Crippen LogP contribution is 2.27. The van der Waals surface area contributed by atoms with Crippen molar-refractivity contribution in [3.8, 4) is 0 Å². The van der Waals surface area contributed by atoms with E-state index in [1.807, 2.05) is 23.5 Å². The molecule has 0 amide bonds. The molecule has 1 aromatic rings. The molecular weight excluding hydrogens is 190 g/mol. The van der Waals surface area contributed by atoms with E-state index in [-0.39, 0.29) is 6.10 Å². The van der Waals surface area contributed by atoms with Crippen molar-refractivity contribution in [2.45, 2.75) is 12.5 Å². The van der Waals surface area contributed by atoms with Crippen LogP contribution in [0.1, 0.15) is 4.88 Å². The molecule has 0 aromatic carbocycles. The summed E-state index contributed by atoms with van der Waals surface area (Å²) >= 11 is 3.53. The number of hydrogen-bond donors (Lipinski definition) is 1. The molecule has 66 valence electrons. The molecule has 2 nitrogen and oxygen atoms in total. The first-order valence-electron chi connectivity index (χ1n) is 3.99. The summed E-state index contributed by atoms with van der Waals surface area (Å²) in [5.74, 6) is 2.46. The molecule has 1 aromatic heterocycles. The summed E-state index contributed by atoms with van der Waals surface area (Å²) in [5.41, 5.74) is 1.85. The van der Waals surface area contributed by atoms with Crippen molar-refractivity contribution in [2.24, 2.45) is 5.92 Å². The fraction of sp³-hybridized carbons (Fsp3) is 0.625. The zero-order valence-corrected chi connectivity index (χ0v) is 8.27. The summed E-state index contributed by atoms with van der Waals surface area (Å²) < 4.78 is 0. The molecule has 2 heterocycles. The summed E-state index contributed by atoms with van der Waals surface area (Å²) in [7, 11) is 0. The third-order valence-corrected chi connectivity index (χ3v) is 4.15. The Hall–Kier alpha value is -0.0600. The molecule has 0 aliphatic carbocycles. The van der Waals surface area contributed by atoms with Gasteiger partial charge in [0.05, 0.1) is 11.6 Å². The highest BCUT2D eigenvalue weighted by Gasteiger charge is 2.25. The van der Waals surface area contributed by atoms with E-state index in [2.05, 4.69) is 4.98 Å². The molecule has 4 heteroatoms. The highest BCUT2D eigenvalue weighted by atomic mass is 32.2. The van der Waals surface area contributed by atoms with E-state index < -0.39 is 0 Å². The molecule has 0 saturated carbocycles. The van der Waals surface area contributed by atoms with Gasteiger partial charge in [0.2, 0.25) is 0 Å². The van der Waals surface area contributed by atoms with E-state index in [1.54, 1.807) is 11.3 Å².